The van der Waals surface area contributed by atoms with Gasteiger partial charge in [-0.3, -0.25) is 0 Å². The molecule has 5 aromatic carbocycles. The average molecular weight is 525 g/mol. The molecule has 2 aliphatic carbocycles. The Morgan fingerprint density at radius 3 is 1.44 bits per heavy atom. The van der Waals surface area contributed by atoms with Crippen molar-refractivity contribution in [3.05, 3.63) is 155 Å². The minimum absolute atomic E-state index is 0.339. The Bertz CT molecular complexity index is 1840. The average Bonchev–Trinajstić information content (AvgIpc) is 3.47. The van der Waals surface area contributed by atoms with Gasteiger partial charge in [0, 0.05) is 11.1 Å². The molecule has 0 heterocycles. The van der Waals surface area contributed by atoms with Gasteiger partial charge in [0.1, 0.15) is 0 Å². The number of hydrogen-bond donors (Lipinski definition) is 0. The van der Waals surface area contributed by atoms with Crippen LogP contribution in [0.4, 0.5) is 0 Å². The zero-order chi connectivity index (χ0) is 28.0. The molecule has 0 aliphatic heterocycles. The molecule has 0 saturated carbocycles. The van der Waals surface area contributed by atoms with Crippen LogP contribution in [0.1, 0.15) is 60.6 Å². The van der Waals surface area contributed by atoms with E-state index in [1.807, 2.05) is 0 Å². The van der Waals surface area contributed by atoms with Crippen LogP contribution >= 0.6 is 0 Å². The van der Waals surface area contributed by atoms with E-state index in [9.17, 15) is 0 Å². The highest BCUT2D eigenvalue weighted by molar-refractivity contribution is 5.84. The van der Waals surface area contributed by atoms with Crippen LogP contribution in [0, 0.1) is 29.6 Å². The number of fused-ring (bicyclic) bond motifs is 6. The molecule has 0 saturated heterocycles. The molecule has 0 N–H and O–H groups in total. The van der Waals surface area contributed by atoms with E-state index in [4.69, 9.17) is 0 Å². The lowest BCUT2D eigenvalue weighted by atomic mass is 9.68. The lowest BCUT2D eigenvalue weighted by Crippen LogP contribution is -2.31. The number of rotatable bonds is 2. The molecule has 196 valence electrons. The molecule has 0 fully saturated rings. The van der Waals surface area contributed by atoms with Gasteiger partial charge in [-0.2, -0.15) is 0 Å². The predicted molar refractivity (Wildman–Crippen MR) is 171 cm³/mol. The zero-order valence-corrected chi connectivity index (χ0v) is 23.8. The zero-order valence-electron chi connectivity index (χ0n) is 23.8. The monoisotopic (exact) mass is 524 g/mol. The Morgan fingerprint density at radius 2 is 0.951 bits per heavy atom. The summed E-state index contributed by atoms with van der Waals surface area (Å²) < 4.78 is 0. The van der Waals surface area contributed by atoms with Crippen molar-refractivity contribution in [2.45, 2.75) is 38.0 Å². The van der Waals surface area contributed by atoms with Crippen molar-refractivity contribution >= 4 is 0 Å². The molecule has 0 heteroatoms. The molecule has 0 amide bonds. The minimum Gasteiger partial charge on any atom is -0.0817 e. The third-order valence-electron chi connectivity index (χ3n) is 9.29. The van der Waals surface area contributed by atoms with Crippen molar-refractivity contribution in [1.29, 1.82) is 0 Å². The van der Waals surface area contributed by atoms with Crippen LogP contribution < -0.4 is 0 Å². The highest BCUT2D eigenvalue weighted by Gasteiger charge is 2.45. The van der Waals surface area contributed by atoms with E-state index >= 15 is 0 Å². The molecule has 1 unspecified atom stereocenters. The first-order valence-electron chi connectivity index (χ1n) is 14.6. The summed E-state index contributed by atoms with van der Waals surface area (Å²) in [5.41, 5.74) is 11.7. The van der Waals surface area contributed by atoms with E-state index in [0.29, 0.717) is 5.92 Å². The first-order valence-corrected chi connectivity index (χ1v) is 14.6. The second-order valence-electron chi connectivity index (χ2n) is 11.5. The molecule has 0 spiro atoms. The summed E-state index contributed by atoms with van der Waals surface area (Å²) >= 11 is 0. The van der Waals surface area contributed by atoms with Crippen molar-refractivity contribution in [1.82, 2.24) is 0 Å². The van der Waals surface area contributed by atoms with Gasteiger partial charge in [-0.1, -0.05) is 147 Å². The summed E-state index contributed by atoms with van der Waals surface area (Å²) in [5.74, 6) is 15.0. The van der Waals surface area contributed by atoms with Crippen LogP contribution in [0.25, 0.3) is 22.3 Å². The van der Waals surface area contributed by atoms with Crippen molar-refractivity contribution in [3.8, 4) is 45.9 Å². The third-order valence-corrected chi connectivity index (χ3v) is 9.29. The van der Waals surface area contributed by atoms with Gasteiger partial charge in [-0.15, -0.1) is 0 Å². The molecule has 2 aliphatic rings. The Labute approximate surface area is 244 Å². The fraction of sp³-hybridized carbons (Fsp3) is 0.171. The number of benzene rings is 5. The predicted octanol–water partition coefficient (Wildman–Crippen LogP) is 9.39. The largest absolute Gasteiger partial charge is 0.0852 e. The molecule has 41 heavy (non-hydrogen) atoms. The molecular weight excluding hydrogens is 492 g/mol. The molecular formula is C41H32. The first-order chi connectivity index (χ1) is 20.1. The lowest BCUT2D eigenvalue weighted by Gasteiger charge is -2.32. The van der Waals surface area contributed by atoms with E-state index in [1.165, 1.54) is 44.5 Å². The van der Waals surface area contributed by atoms with Gasteiger partial charge in [0.15, 0.2) is 0 Å². The van der Waals surface area contributed by atoms with Gasteiger partial charge in [0.2, 0.25) is 0 Å². The van der Waals surface area contributed by atoms with E-state index < -0.39 is 0 Å². The third kappa shape index (κ3) is 3.79. The van der Waals surface area contributed by atoms with Crippen LogP contribution in [-0.2, 0) is 10.8 Å². The van der Waals surface area contributed by atoms with Gasteiger partial charge in [-0.25, -0.2) is 0 Å². The van der Waals surface area contributed by atoms with Crippen LogP contribution in [0.3, 0.4) is 0 Å². The van der Waals surface area contributed by atoms with Crippen LogP contribution in [0.15, 0.2) is 121 Å². The van der Waals surface area contributed by atoms with Crippen molar-refractivity contribution < 1.29 is 0 Å². The van der Waals surface area contributed by atoms with Gasteiger partial charge >= 0.3 is 0 Å². The van der Waals surface area contributed by atoms with Gasteiger partial charge in [-0.05, 0) is 75.5 Å². The van der Waals surface area contributed by atoms with Crippen LogP contribution in [-0.4, -0.2) is 0 Å². The highest BCUT2D eigenvalue weighted by atomic mass is 14.5. The Balaban J connectivity index is 1.31. The maximum atomic E-state index is 3.83. The van der Waals surface area contributed by atoms with E-state index in [0.717, 1.165) is 17.5 Å². The lowest BCUT2D eigenvalue weighted by molar-refractivity contribution is 0.425. The molecule has 1 atom stereocenters. The number of hydrogen-bond acceptors (Lipinski definition) is 0. The maximum absolute atomic E-state index is 3.83. The maximum Gasteiger partial charge on any atom is 0.0852 e. The molecule has 0 aromatic heterocycles. The summed E-state index contributed by atoms with van der Waals surface area (Å²) in [4.78, 5) is 0. The SMILES string of the molecule is CCC(C)C1(C#Cc2cccc(C#CC3(C)c4ccccc4-c4ccccc43)c2)c2ccccc2-c2ccccc21. The molecule has 7 rings (SSSR count). The Morgan fingerprint density at radius 1 is 0.537 bits per heavy atom. The molecule has 0 nitrogen and oxygen atoms in total. The van der Waals surface area contributed by atoms with Gasteiger partial charge in [0.25, 0.3) is 0 Å². The van der Waals surface area contributed by atoms with Gasteiger partial charge < -0.3 is 0 Å². The summed E-state index contributed by atoms with van der Waals surface area (Å²) in [7, 11) is 0. The van der Waals surface area contributed by atoms with Crippen molar-refractivity contribution in [2.24, 2.45) is 5.92 Å². The Kier molecular flexibility index (Phi) is 5.96. The van der Waals surface area contributed by atoms with Crippen molar-refractivity contribution in [2.75, 3.05) is 0 Å². The topological polar surface area (TPSA) is 0 Å². The summed E-state index contributed by atoms with van der Waals surface area (Å²) in [6.45, 7) is 6.86. The molecule has 5 aromatic rings. The minimum atomic E-state index is -0.354. The van der Waals surface area contributed by atoms with E-state index in [2.05, 4.69) is 166 Å². The van der Waals surface area contributed by atoms with E-state index in [1.54, 1.807) is 0 Å². The van der Waals surface area contributed by atoms with Crippen molar-refractivity contribution in [3.63, 3.8) is 0 Å². The Hall–Kier alpha value is -4.78. The fourth-order valence-electron chi connectivity index (χ4n) is 6.99. The standard InChI is InChI=1S/C41H32/c1-4-29(2)41(38-22-11-7-18-34(38)35-19-8-12-23-39(35)41)27-25-31-15-13-14-30(28-31)24-26-40(3)36-20-9-5-16-32(36)33-17-6-10-21-37(33)40/h5-23,28-29H,4H2,1-3H3. The summed E-state index contributed by atoms with van der Waals surface area (Å²) in [6.07, 6.45) is 1.05. The van der Waals surface area contributed by atoms with Crippen LogP contribution in [0.5, 0.6) is 0 Å². The second-order valence-corrected chi connectivity index (χ2v) is 11.5. The second kappa shape index (κ2) is 9.70. The molecule has 0 bridgehead atoms. The van der Waals surface area contributed by atoms with Crippen LogP contribution in [0.2, 0.25) is 0 Å². The highest BCUT2D eigenvalue weighted by Crippen LogP contribution is 2.53. The summed E-state index contributed by atoms with van der Waals surface area (Å²) in [6, 6.07) is 43.4. The smallest absolute Gasteiger partial charge is 0.0817 e. The first kappa shape index (κ1) is 25.2. The fourth-order valence-corrected chi connectivity index (χ4v) is 6.99. The quantitative estimate of drug-likeness (QED) is 0.202. The normalized spacial score (nSPS) is 15.2. The van der Waals surface area contributed by atoms with E-state index in [-0.39, 0.29) is 10.8 Å². The molecule has 0 radical (unpaired) electrons. The summed E-state index contributed by atoms with van der Waals surface area (Å²) in [5, 5.41) is 0. The van der Waals surface area contributed by atoms with Gasteiger partial charge in [0.05, 0.1) is 10.8 Å².